The van der Waals surface area contributed by atoms with Gasteiger partial charge < -0.3 is 10.1 Å². The molecule has 1 heterocycles. The summed E-state index contributed by atoms with van der Waals surface area (Å²) in [6.07, 6.45) is 1.87. The summed E-state index contributed by atoms with van der Waals surface area (Å²) in [7, 11) is -3.58. The van der Waals surface area contributed by atoms with E-state index in [0.717, 1.165) is 23.1 Å². The maximum atomic E-state index is 13.3. The normalized spacial score (nSPS) is 15.6. The lowest BCUT2D eigenvalue weighted by atomic mass is 9.97. The average molecular weight is 445 g/mol. The number of hydrogen-bond donors (Lipinski definition) is 1. The van der Waals surface area contributed by atoms with Crippen LogP contribution in [-0.2, 0) is 14.8 Å². The van der Waals surface area contributed by atoms with E-state index in [2.05, 4.69) is 5.32 Å². The molecule has 0 aromatic heterocycles. The smallest absolute Gasteiger partial charge is 0.243 e. The van der Waals surface area contributed by atoms with Crippen LogP contribution < -0.4 is 10.1 Å². The van der Waals surface area contributed by atoms with Crippen LogP contribution in [0.2, 0.25) is 0 Å². The molecule has 1 aliphatic heterocycles. The van der Waals surface area contributed by atoms with Crippen molar-refractivity contribution in [3.05, 3.63) is 53.1 Å². The van der Waals surface area contributed by atoms with E-state index in [1.165, 1.54) is 4.31 Å². The average Bonchev–Trinajstić information content (AvgIpc) is 2.72. The van der Waals surface area contributed by atoms with Crippen LogP contribution in [0.1, 0.15) is 42.9 Å². The number of carbonyl (C=O) groups excluding carboxylic acids is 1. The van der Waals surface area contributed by atoms with Crippen LogP contribution in [0, 0.1) is 26.7 Å². The van der Waals surface area contributed by atoms with Crippen molar-refractivity contribution in [2.75, 3.05) is 25.0 Å². The standard InChI is InChI=1S/C24H32N2O4S/c1-5-14-30-22-9-7-6-8-21(22)25-24(27)20-10-12-26(13-11-20)31(28,29)23-18(3)15-17(2)16-19(23)4/h6-9,15-16,20H,5,10-14H2,1-4H3,(H,25,27). The Labute approximate surface area is 185 Å². The van der Waals surface area contributed by atoms with E-state index >= 15 is 0 Å². The van der Waals surface area contributed by atoms with Crippen LogP contribution >= 0.6 is 0 Å². The van der Waals surface area contributed by atoms with Gasteiger partial charge in [0.15, 0.2) is 0 Å². The molecule has 3 rings (SSSR count). The molecule has 1 N–H and O–H groups in total. The fraction of sp³-hybridized carbons (Fsp3) is 0.458. The second-order valence-corrected chi connectivity index (χ2v) is 10.1. The fourth-order valence-electron chi connectivity index (χ4n) is 4.20. The molecule has 7 heteroatoms. The van der Waals surface area contributed by atoms with Gasteiger partial charge in [-0.1, -0.05) is 36.8 Å². The van der Waals surface area contributed by atoms with E-state index in [1.807, 2.05) is 64.1 Å². The first-order chi connectivity index (χ1) is 14.7. The molecule has 1 aliphatic rings. The second kappa shape index (κ2) is 9.83. The van der Waals surface area contributed by atoms with Crippen LogP contribution in [0.25, 0.3) is 0 Å². The molecule has 0 aliphatic carbocycles. The van der Waals surface area contributed by atoms with Crippen molar-refractivity contribution < 1.29 is 17.9 Å². The summed E-state index contributed by atoms with van der Waals surface area (Å²) in [6.45, 7) is 8.92. The third-order valence-electron chi connectivity index (χ3n) is 5.63. The van der Waals surface area contributed by atoms with Crippen molar-refractivity contribution in [1.82, 2.24) is 4.31 Å². The van der Waals surface area contributed by atoms with Crippen LogP contribution in [-0.4, -0.2) is 38.3 Å². The summed E-state index contributed by atoms with van der Waals surface area (Å²) in [5.74, 6) is 0.334. The van der Waals surface area contributed by atoms with Gasteiger partial charge in [-0.05, 0) is 63.3 Å². The molecule has 0 atom stereocenters. The lowest BCUT2D eigenvalue weighted by Crippen LogP contribution is -2.41. The Balaban J connectivity index is 1.67. The highest BCUT2D eigenvalue weighted by Crippen LogP contribution is 2.30. The predicted molar refractivity (Wildman–Crippen MR) is 123 cm³/mol. The highest BCUT2D eigenvalue weighted by molar-refractivity contribution is 7.89. The first-order valence-electron chi connectivity index (χ1n) is 10.8. The van der Waals surface area contributed by atoms with Crippen LogP contribution in [0.5, 0.6) is 5.75 Å². The fourth-order valence-corrected chi connectivity index (χ4v) is 6.09. The number of benzene rings is 2. The van der Waals surface area contributed by atoms with E-state index in [-0.39, 0.29) is 11.8 Å². The predicted octanol–water partition coefficient (Wildman–Crippen LogP) is 4.44. The number of sulfonamides is 1. The number of nitrogens with zero attached hydrogens (tertiary/aromatic N) is 1. The molecule has 0 spiro atoms. The highest BCUT2D eigenvalue weighted by Gasteiger charge is 2.33. The van der Waals surface area contributed by atoms with Gasteiger partial charge in [-0.3, -0.25) is 4.79 Å². The lowest BCUT2D eigenvalue weighted by Gasteiger charge is -2.31. The van der Waals surface area contributed by atoms with Crippen molar-refractivity contribution in [3.63, 3.8) is 0 Å². The number of ether oxygens (including phenoxy) is 1. The van der Waals surface area contributed by atoms with Gasteiger partial charge in [-0.25, -0.2) is 8.42 Å². The lowest BCUT2D eigenvalue weighted by molar-refractivity contribution is -0.120. The van der Waals surface area contributed by atoms with Gasteiger partial charge in [-0.2, -0.15) is 4.31 Å². The minimum Gasteiger partial charge on any atom is -0.491 e. The van der Waals surface area contributed by atoms with Crippen molar-refractivity contribution in [3.8, 4) is 5.75 Å². The van der Waals surface area contributed by atoms with Gasteiger partial charge >= 0.3 is 0 Å². The van der Waals surface area contributed by atoms with Crippen molar-refractivity contribution in [2.24, 2.45) is 5.92 Å². The van der Waals surface area contributed by atoms with E-state index in [4.69, 9.17) is 4.74 Å². The Morgan fingerprint density at radius 3 is 2.32 bits per heavy atom. The highest BCUT2D eigenvalue weighted by atomic mass is 32.2. The Morgan fingerprint density at radius 2 is 1.71 bits per heavy atom. The van der Waals surface area contributed by atoms with E-state index in [0.29, 0.717) is 48.9 Å². The maximum Gasteiger partial charge on any atom is 0.243 e. The van der Waals surface area contributed by atoms with Crippen LogP contribution in [0.3, 0.4) is 0 Å². The molecule has 168 valence electrons. The topological polar surface area (TPSA) is 75.7 Å². The number of amides is 1. The van der Waals surface area contributed by atoms with Gasteiger partial charge in [0.25, 0.3) is 0 Å². The minimum atomic E-state index is -3.58. The van der Waals surface area contributed by atoms with E-state index < -0.39 is 10.0 Å². The Bertz CT molecular complexity index is 1020. The largest absolute Gasteiger partial charge is 0.491 e. The SMILES string of the molecule is CCCOc1ccccc1NC(=O)C1CCN(S(=O)(=O)c2c(C)cc(C)cc2C)CC1. The molecule has 1 saturated heterocycles. The number of para-hydroxylation sites is 2. The van der Waals surface area contributed by atoms with Gasteiger partial charge in [0.1, 0.15) is 5.75 Å². The zero-order valence-electron chi connectivity index (χ0n) is 18.8. The van der Waals surface area contributed by atoms with Crippen LogP contribution in [0.15, 0.2) is 41.3 Å². The molecule has 2 aromatic rings. The molecular weight excluding hydrogens is 412 g/mol. The van der Waals surface area contributed by atoms with Crippen molar-refractivity contribution in [2.45, 2.75) is 51.9 Å². The Hall–Kier alpha value is -2.38. The maximum absolute atomic E-state index is 13.3. The number of anilines is 1. The number of nitrogens with one attached hydrogen (secondary N) is 1. The summed E-state index contributed by atoms with van der Waals surface area (Å²) in [4.78, 5) is 13.2. The summed E-state index contributed by atoms with van der Waals surface area (Å²) >= 11 is 0. The summed E-state index contributed by atoms with van der Waals surface area (Å²) in [5, 5.41) is 2.97. The number of hydrogen-bond acceptors (Lipinski definition) is 4. The first kappa shape index (κ1) is 23.3. The summed E-state index contributed by atoms with van der Waals surface area (Å²) < 4.78 is 33.8. The number of piperidine rings is 1. The van der Waals surface area contributed by atoms with Crippen LogP contribution in [0.4, 0.5) is 5.69 Å². The molecule has 1 amide bonds. The van der Waals surface area contributed by atoms with Gasteiger partial charge in [0, 0.05) is 19.0 Å². The monoisotopic (exact) mass is 444 g/mol. The number of carbonyl (C=O) groups is 1. The van der Waals surface area contributed by atoms with Gasteiger partial charge in [0.2, 0.25) is 15.9 Å². The third-order valence-corrected chi connectivity index (χ3v) is 7.84. The quantitative estimate of drug-likeness (QED) is 0.685. The zero-order valence-corrected chi connectivity index (χ0v) is 19.6. The first-order valence-corrected chi connectivity index (χ1v) is 12.3. The molecule has 2 aromatic carbocycles. The molecule has 31 heavy (non-hydrogen) atoms. The number of aryl methyl sites for hydroxylation is 3. The molecule has 6 nitrogen and oxygen atoms in total. The summed E-state index contributed by atoms with van der Waals surface area (Å²) in [5.41, 5.74) is 3.23. The third kappa shape index (κ3) is 5.28. The van der Waals surface area contributed by atoms with E-state index in [1.54, 1.807) is 0 Å². The minimum absolute atomic E-state index is 0.0905. The molecule has 0 unspecified atom stereocenters. The Kier molecular flexibility index (Phi) is 7.38. The number of rotatable bonds is 7. The molecule has 0 radical (unpaired) electrons. The van der Waals surface area contributed by atoms with Gasteiger partial charge in [0.05, 0.1) is 17.2 Å². The van der Waals surface area contributed by atoms with Crippen molar-refractivity contribution >= 4 is 21.6 Å². The molecule has 0 saturated carbocycles. The van der Waals surface area contributed by atoms with Crippen molar-refractivity contribution in [1.29, 1.82) is 0 Å². The Morgan fingerprint density at radius 1 is 1.10 bits per heavy atom. The summed E-state index contributed by atoms with van der Waals surface area (Å²) in [6, 6.07) is 11.2. The molecular formula is C24H32N2O4S. The molecule has 1 fully saturated rings. The van der Waals surface area contributed by atoms with E-state index in [9.17, 15) is 13.2 Å². The molecule has 0 bridgehead atoms. The zero-order chi connectivity index (χ0) is 22.6. The van der Waals surface area contributed by atoms with Gasteiger partial charge in [-0.15, -0.1) is 0 Å². The second-order valence-electron chi connectivity index (χ2n) is 8.24.